The molecule has 0 unspecified atom stereocenters. The molecule has 25 heavy (non-hydrogen) atoms. The number of aliphatic carboxylic acids is 2. The molecule has 0 aliphatic carbocycles. The average molecular weight is 355 g/mol. The second-order valence-corrected chi connectivity index (χ2v) is 6.98. The maximum absolute atomic E-state index is 10.4. The lowest BCUT2D eigenvalue weighted by atomic mass is 10.0. The van der Waals surface area contributed by atoms with E-state index in [9.17, 15) is 9.59 Å². The quantitative estimate of drug-likeness (QED) is 0.209. The maximum Gasteiger partial charge on any atom is 0.327 e. The molecule has 0 fully saturated rings. The number of hydrogen-bond donors (Lipinski definition) is 2. The first-order valence-electron chi connectivity index (χ1n) is 10.2. The molecular formula is C21H38O4. The molecule has 4 nitrogen and oxygen atoms in total. The van der Waals surface area contributed by atoms with E-state index >= 15 is 0 Å². The van der Waals surface area contributed by atoms with E-state index in [2.05, 4.69) is 0 Å². The highest BCUT2D eigenvalue weighted by Gasteiger charge is 1.97. The van der Waals surface area contributed by atoms with Crippen LogP contribution in [0, 0.1) is 0 Å². The Balaban J connectivity index is 3.05. The van der Waals surface area contributed by atoms with Gasteiger partial charge < -0.3 is 10.2 Å². The predicted octanol–water partition coefficient (Wildman–Crippen LogP) is 6.34. The summed E-state index contributed by atoms with van der Waals surface area (Å²) in [7, 11) is 0. The number of hydrogen-bond acceptors (Lipinski definition) is 2. The molecule has 0 saturated heterocycles. The van der Waals surface area contributed by atoms with Gasteiger partial charge in [-0.15, -0.1) is 0 Å². The fourth-order valence-corrected chi connectivity index (χ4v) is 3.02. The topological polar surface area (TPSA) is 74.6 Å². The van der Waals surface area contributed by atoms with Gasteiger partial charge >= 0.3 is 11.9 Å². The van der Waals surface area contributed by atoms with E-state index in [-0.39, 0.29) is 0 Å². The lowest BCUT2D eigenvalue weighted by Crippen LogP contribution is -1.93. The summed E-state index contributed by atoms with van der Waals surface area (Å²) >= 11 is 0. The van der Waals surface area contributed by atoms with Crippen molar-refractivity contribution in [3.63, 3.8) is 0 Å². The zero-order valence-electron chi connectivity index (χ0n) is 15.9. The highest BCUT2D eigenvalue weighted by Crippen LogP contribution is 2.14. The molecule has 0 aromatic heterocycles. The molecule has 0 aromatic carbocycles. The van der Waals surface area contributed by atoms with E-state index in [1.165, 1.54) is 83.1 Å². The molecule has 0 radical (unpaired) electrons. The Morgan fingerprint density at radius 3 is 1.28 bits per heavy atom. The molecule has 0 bridgehead atoms. The van der Waals surface area contributed by atoms with Crippen LogP contribution in [-0.4, -0.2) is 22.2 Å². The number of carbonyl (C=O) groups is 2. The fourth-order valence-electron chi connectivity index (χ4n) is 3.02. The summed E-state index contributed by atoms with van der Waals surface area (Å²) in [6.07, 6.45) is 22.7. The van der Waals surface area contributed by atoms with Crippen LogP contribution in [0.15, 0.2) is 12.2 Å². The van der Waals surface area contributed by atoms with Crippen molar-refractivity contribution in [1.29, 1.82) is 0 Å². The number of carboxylic acids is 2. The van der Waals surface area contributed by atoms with Crippen molar-refractivity contribution in [1.82, 2.24) is 0 Å². The molecule has 0 aliphatic rings. The van der Waals surface area contributed by atoms with Gasteiger partial charge in [0.05, 0.1) is 0 Å². The molecule has 0 heterocycles. The first-order chi connectivity index (χ1) is 12.1. The number of unbranched alkanes of at least 4 members (excludes halogenated alkanes) is 15. The Kier molecular flexibility index (Phi) is 18.0. The molecule has 0 rings (SSSR count). The number of allylic oxidation sites excluding steroid dienone is 1. The van der Waals surface area contributed by atoms with Crippen LogP contribution in [0.25, 0.3) is 0 Å². The number of carboxylic acid groups (broad SMARTS) is 2. The zero-order valence-corrected chi connectivity index (χ0v) is 15.9. The lowest BCUT2D eigenvalue weighted by molar-refractivity contribution is -0.137. The van der Waals surface area contributed by atoms with Crippen LogP contribution in [0.2, 0.25) is 0 Å². The van der Waals surface area contributed by atoms with Gasteiger partial charge in [0.15, 0.2) is 0 Å². The molecule has 0 atom stereocenters. The Hall–Kier alpha value is -1.32. The van der Waals surface area contributed by atoms with Gasteiger partial charge in [-0.05, 0) is 19.3 Å². The van der Waals surface area contributed by atoms with E-state index in [1.807, 2.05) is 0 Å². The summed E-state index contributed by atoms with van der Waals surface area (Å²) in [5.41, 5.74) is 0. The monoisotopic (exact) mass is 354 g/mol. The first kappa shape index (κ1) is 23.7. The molecular weight excluding hydrogens is 316 g/mol. The fraction of sp³-hybridized carbons (Fsp3) is 0.810. The van der Waals surface area contributed by atoms with Crippen molar-refractivity contribution in [3.8, 4) is 0 Å². The van der Waals surface area contributed by atoms with E-state index in [1.54, 1.807) is 6.08 Å². The molecule has 0 saturated carbocycles. The molecule has 4 heteroatoms. The minimum atomic E-state index is -0.851. The largest absolute Gasteiger partial charge is 0.481 e. The minimum Gasteiger partial charge on any atom is -0.481 e. The minimum absolute atomic E-state index is 0.321. The van der Waals surface area contributed by atoms with Crippen molar-refractivity contribution >= 4 is 11.9 Å². The Morgan fingerprint density at radius 1 is 0.560 bits per heavy atom. The maximum atomic E-state index is 10.4. The smallest absolute Gasteiger partial charge is 0.327 e. The van der Waals surface area contributed by atoms with Gasteiger partial charge in [-0.2, -0.15) is 0 Å². The molecule has 2 N–H and O–H groups in total. The van der Waals surface area contributed by atoms with Crippen molar-refractivity contribution in [3.05, 3.63) is 12.2 Å². The van der Waals surface area contributed by atoms with Crippen molar-refractivity contribution in [2.75, 3.05) is 0 Å². The van der Waals surface area contributed by atoms with Crippen LogP contribution in [-0.2, 0) is 9.59 Å². The van der Waals surface area contributed by atoms with Crippen LogP contribution >= 0.6 is 0 Å². The Morgan fingerprint density at radius 2 is 0.920 bits per heavy atom. The highest BCUT2D eigenvalue weighted by molar-refractivity contribution is 5.79. The van der Waals surface area contributed by atoms with Gasteiger partial charge in [0.2, 0.25) is 0 Å². The number of rotatable bonds is 19. The molecule has 146 valence electrons. The van der Waals surface area contributed by atoms with Gasteiger partial charge in [0, 0.05) is 12.5 Å². The third-order valence-electron chi connectivity index (χ3n) is 4.52. The SMILES string of the molecule is O=C(O)C=CCCCCCCCCCCCCCCCCCC(=O)O. The van der Waals surface area contributed by atoms with Crippen molar-refractivity contribution < 1.29 is 19.8 Å². The van der Waals surface area contributed by atoms with Crippen molar-refractivity contribution in [2.24, 2.45) is 0 Å². The van der Waals surface area contributed by atoms with E-state index < -0.39 is 11.9 Å². The summed E-state index contributed by atoms with van der Waals surface area (Å²) < 4.78 is 0. The Bertz CT molecular complexity index is 350. The van der Waals surface area contributed by atoms with Crippen LogP contribution < -0.4 is 0 Å². The summed E-state index contributed by atoms with van der Waals surface area (Å²) in [4.78, 5) is 20.7. The lowest BCUT2D eigenvalue weighted by Gasteiger charge is -2.03. The Labute approximate surface area is 153 Å². The predicted molar refractivity (Wildman–Crippen MR) is 103 cm³/mol. The second kappa shape index (κ2) is 19.0. The van der Waals surface area contributed by atoms with E-state index in [0.717, 1.165) is 25.7 Å². The van der Waals surface area contributed by atoms with Gasteiger partial charge in [0.1, 0.15) is 0 Å². The summed E-state index contributed by atoms with van der Waals surface area (Å²) in [5.74, 6) is -1.52. The normalized spacial score (nSPS) is 11.2. The van der Waals surface area contributed by atoms with Crippen LogP contribution in [0.5, 0.6) is 0 Å². The van der Waals surface area contributed by atoms with Crippen LogP contribution in [0.1, 0.15) is 109 Å². The third kappa shape index (κ3) is 22.7. The van der Waals surface area contributed by atoms with Crippen molar-refractivity contribution in [2.45, 2.75) is 109 Å². The van der Waals surface area contributed by atoms with Gasteiger partial charge in [0.25, 0.3) is 0 Å². The average Bonchev–Trinajstić information content (AvgIpc) is 2.56. The first-order valence-corrected chi connectivity index (χ1v) is 10.2. The third-order valence-corrected chi connectivity index (χ3v) is 4.52. The van der Waals surface area contributed by atoms with Gasteiger partial charge in [-0.1, -0.05) is 89.5 Å². The van der Waals surface area contributed by atoms with Crippen LogP contribution in [0.3, 0.4) is 0 Å². The van der Waals surface area contributed by atoms with Crippen LogP contribution in [0.4, 0.5) is 0 Å². The van der Waals surface area contributed by atoms with E-state index in [0.29, 0.717) is 6.42 Å². The molecule has 0 spiro atoms. The zero-order chi connectivity index (χ0) is 18.6. The van der Waals surface area contributed by atoms with E-state index in [4.69, 9.17) is 10.2 Å². The molecule has 0 aliphatic heterocycles. The highest BCUT2D eigenvalue weighted by atomic mass is 16.4. The molecule has 0 amide bonds. The summed E-state index contributed by atoms with van der Waals surface area (Å²) in [6.45, 7) is 0. The second-order valence-electron chi connectivity index (χ2n) is 6.98. The van der Waals surface area contributed by atoms with Gasteiger partial charge in [-0.3, -0.25) is 4.79 Å². The summed E-state index contributed by atoms with van der Waals surface area (Å²) in [6, 6.07) is 0. The summed E-state index contributed by atoms with van der Waals surface area (Å²) in [5, 5.41) is 17.0. The van der Waals surface area contributed by atoms with Gasteiger partial charge in [-0.25, -0.2) is 4.79 Å². The standard InChI is InChI=1S/C21H38O4/c22-20(23)18-16-14-12-10-8-6-4-2-1-3-5-7-9-11-13-15-17-19-21(24)25/h16,18H,1-15,17,19H2,(H,22,23)(H,24,25). The molecule has 0 aromatic rings.